The van der Waals surface area contributed by atoms with Crippen LogP contribution in [0, 0.1) is 0 Å². The Balaban J connectivity index is 1.35. The normalized spacial score (nSPS) is 13.6. The molecule has 0 fully saturated rings. The SMILES string of the molecule is NC(Cc1c[nH]c2ccccc12)C(=O)NC(CCC(=O)O)C(=O)NC(Cc1c[nH]c2ccccc12)C(=O)NC(Cc1ccc(O)cc1)C(=O)O. The first-order valence-electron chi connectivity index (χ1n) is 16.0. The zero-order valence-corrected chi connectivity index (χ0v) is 26.9. The minimum atomic E-state index is -1.39. The predicted molar refractivity (Wildman–Crippen MR) is 184 cm³/mol. The fourth-order valence-electron chi connectivity index (χ4n) is 5.79. The molecule has 5 aromatic rings. The number of carboxylic acids is 2. The number of hydrogen-bond donors (Lipinski definition) is 9. The van der Waals surface area contributed by atoms with Gasteiger partial charge in [-0.05, 0) is 53.8 Å². The zero-order chi connectivity index (χ0) is 35.8. The van der Waals surface area contributed by atoms with Crippen molar-refractivity contribution >= 4 is 51.5 Å². The minimum absolute atomic E-state index is 0.00497. The number of aliphatic carboxylic acids is 2. The van der Waals surface area contributed by atoms with Crippen LogP contribution < -0.4 is 21.7 Å². The van der Waals surface area contributed by atoms with Gasteiger partial charge in [0.15, 0.2) is 0 Å². The van der Waals surface area contributed by atoms with Gasteiger partial charge in [-0.3, -0.25) is 19.2 Å². The largest absolute Gasteiger partial charge is 0.508 e. The maximum absolute atomic E-state index is 13.8. The molecular weight excluding hydrogens is 644 g/mol. The fourth-order valence-corrected chi connectivity index (χ4v) is 5.79. The summed E-state index contributed by atoms with van der Waals surface area (Å²) in [5.41, 5.74) is 9.85. The van der Waals surface area contributed by atoms with Gasteiger partial charge >= 0.3 is 11.9 Å². The number of amides is 3. The van der Waals surface area contributed by atoms with Crippen molar-refractivity contribution in [2.24, 2.45) is 5.73 Å². The molecule has 0 aliphatic rings. The lowest BCUT2D eigenvalue weighted by Gasteiger charge is -2.25. The second-order valence-corrected chi connectivity index (χ2v) is 12.1. The van der Waals surface area contributed by atoms with Crippen molar-refractivity contribution in [3.05, 3.63) is 102 Å². The molecule has 0 saturated heterocycles. The van der Waals surface area contributed by atoms with E-state index in [1.807, 2.05) is 48.5 Å². The van der Waals surface area contributed by atoms with Crippen LogP contribution in [0.1, 0.15) is 29.5 Å². The van der Waals surface area contributed by atoms with Crippen LogP contribution in [0.4, 0.5) is 0 Å². The van der Waals surface area contributed by atoms with Crippen molar-refractivity contribution < 1.29 is 39.3 Å². The first kappa shape index (κ1) is 35.2. The number of carbonyl (C=O) groups is 5. The molecular formula is C36H38N6O8. The standard InChI is InChI=1S/C36H38N6O8/c37-26(16-21-18-38-27-7-3-1-5-24(21)27)33(46)40-29(13-14-32(44)45)34(47)41-30(17-22-19-39-28-8-4-2-6-25(22)28)35(48)42-31(36(49)50)15-20-9-11-23(43)12-10-20/h1-12,18-19,26,29-31,38-39,43H,13-17,37H2,(H,40,46)(H,41,47)(H,42,48)(H,44,45)(H,49,50). The highest BCUT2D eigenvalue weighted by Gasteiger charge is 2.31. The maximum Gasteiger partial charge on any atom is 0.326 e. The van der Waals surface area contributed by atoms with Crippen LogP contribution in [0.3, 0.4) is 0 Å². The number of aromatic hydroxyl groups is 1. The highest BCUT2D eigenvalue weighted by atomic mass is 16.4. The molecule has 0 bridgehead atoms. The molecule has 2 aromatic heterocycles. The van der Waals surface area contributed by atoms with Crippen molar-refractivity contribution in [3.8, 4) is 5.75 Å². The topological polar surface area (TPSA) is 240 Å². The van der Waals surface area contributed by atoms with Gasteiger partial charge in [0.2, 0.25) is 17.7 Å². The highest BCUT2D eigenvalue weighted by molar-refractivity contribution is 5.95. The van der Waals surface area contributed by atoms with Crippen LogP contribution in [0.25, 0.3) is 21.8 Å². The van der Waals surface area contributed by atoms with E-state index < -0.39 is 60.2 Å². The summed E-state index contributed by atoms with van der Waals surface area (Å²) < 4.78 is 0. The fraction of sp³-hybridized carbons (Fsp3) is 0.250. The average molecular weight is 683 g/mol. The number of aromatic amines is 2. The van der Waals surface area contributed by atoms with E-state index in [1.165, 1.54) is 24.3 Å². The van der Waals surface area contributed by atoms with Gasteiger partial charge in [-0.15, -0.1) is 0 Å². The maximum atomic E-state index is 13.8. The molecule has 50 heavy (non-hydrogen) atoms. The summed E-state index contributed by atoms with van der Waals surface area (Å²) in [6, 6.07) is 15.5. The summed E-state index contributed by atoms with van der Waals surface area (Å²) in [6.07, 6.45) is 2.61. The van der Waals surface area contributed by atoms with Crippen molar-refractivity contribution in [1.29, 1.82) is 0 Å². The first-order valence-corrected chi connectivity index (χ1v) is 16.0. The summed E-state index contributed by atoms with van der Waals surface area (Å²) in [4.78, 5) is 70.7. The van der Waals surface area contributed by atoms with Crippen molar-refractivity contribution in [3.63, 3.8) is 0 Å². The Hall–Kier alpha value is -6.15. The van der Waals surface area contributed by atoms with Gasteiger partial charge in [0.05, 0.1) is 6.04 Å². The van der Waals surface area contributed by atoms with Crippen LogP contribution in [0.2, 0.25) is 0 Å². The molecule has 5 rings (SSSR count). The van der Waals surface area contributed by atoms with E-state index in [4.69, 9.17) is 5.73 Å². The van der Waals surface area contributed by atoms with Gasteiger partial charge in [0, 0.05) is 53.5 Å². The molecule has 2 heterocycles. The van der Waals surface area contributed by atoms with Gasteiger partial charge in [-0.1, -0.05) is 48.5 Å². The summed E-state index contributed by atoms with van der Waals surface area (Å²) in [5.74, 6) is -4.88. The van der Waals surface area contributed by atoms with Crippen LogP contribution in [0.5, 0.6) is 5.75 Å². The Morgan fingerprint density at radius 1 is 0.640 bits per heavy atom. The second kappa shape index (κ2) is 15.8. The number of phenols is 1. The van der Waals surface area contributed by atoms with E-state index in [-0.39, 0.29) is 31.4 Å². The van der Waals surface area contributed by atoms with E-state index in [0.29, 0.717) is 11.1 Å². The Bertz CT molecular complexity index is 2000. The Labute approximate surface area is 286 Å². The molecule has 14 nitrogen and oxygen atoms in total. The molecule has 0 saturated carbocycles. The molecule has 3 amide bonds. The van der Waals surface area contributed by atoms with Gasteiger partial charge in [-0.2, -0.15) is 0 Å². The number of para-hydroxylation sites is 2. The van der Waals surface area contributed by atoms with Gasteiger partial charge in [0.1, 0.15) is 23.9 Å². The zero-order valence-electron chi connectivity index (χ0n) is 26.9. The Morgan fingerprint density at radius 3 is 1.74 bits per heavy atom. The third kappa shape index (κ3) is 8.85. The lowest BCUT2D eigenvalue weighted by molar-refractivity contribution is -0.142. The highest BCUT2D eigenvalue weighted by Crippen LogP contribution is 2.21. The number of carbonyl (C=O) groups excluding carboxylic acids is 3. The lowest BCUT2D eigenvalue weighted by Crippen LogP contribution is -2.58. The number of nitrogens with two attached hydrogens (primary N) is 1. The van der Waals surface area contributed by atoms with E-state index in [2.05, 4.69) is 25.9 Å². The van der Waals surface area contributed by atoms with E-state index in [1.54, 1.807) is 12.4 Å². The van der Waals surface area contributed by atoms with Crippen molar-refractivity contribution in [1.82, 2.24) is 25.9 Å². The Morgan fingerprint density at radius 2 is 1.16 bits per heavy atom. The third-order valence-corrected chi connectivity index (χ3v) is 8.45. The minimum Gasteiger partial charge on any atom is -0.508 e. The molecule has 260 valence electrons. The average Bonchev–Trinajstić information content (AvgIpc) is 3.70. The molecule has 0 spiro atoms. The quantitative estimate of drug-likeness (QED) is 0.0739. The van der Waals surface area contributed by atoms with E-state index in [0.717, 1.165) is 27.4 Å². The number of rotatable bonds is 16. The van der Waals surface area contributed by atoms with Crippen LogP contribution >= 0.6 is 0 Å². The number of benzene rings is 3. The predicted octanol–water partition coefficient (Wildman–Crippen LogP) is 2.11. The molecule has 3 aromatic carbocycles. The molecule has 4 unspecified atom stereocenters. The molecule has 4 atom stereocenters. The third-order valence-electron chi connectivity index (χ3n) is 8.45. The monoisotopic (exact) mass is 682 g/mol. The molecule has 0 aliphatic heterocycles. The van der Waals surface area contributed by atoms with Crippen LogP contribution in [0.15, 0.2) is 85.2 Å². The molecule has 10 N–H and O–H groups in total. The summed E-state index contributed by atoms with van der Waals surface area (Å²) in [6.45, 7) is 0. The van der Waals surface area contributed by atoms with Gasteiger partial charge in [0.25, 0.3) is 0 Å². The van der Waals surface area contributed by atoms with Crippen LogP contribution in [-0.2, 0) is 43.2 Å². The Kier molecular flexibility index (Phi) is 11.1. The van der Waals surface area contributed by atoms with Crippen molar-refractivity contribution in [2.75, 3.05) is 0 Å². The molecule has 14 heteroatoms. The summed E-state index contributed by atoms with van der Waals surface area (Å²) in [7, 11) is 0. The van der Waals surface area contributed by atoms with Gasteiger partial charge in [-0.25, -0.2) is 4.79 Å². The van der Waals surface area contributed by atoms with Crippen molar-refractivity contribution in [2.45, 2.75) is 56.3 Å². The number of fused-ring (bicyclic) bond motifs is 2. The number of carboxylic acid groups (broad SMARTS) is 2. The number of hydrogen-bond acceptors (Lipinski definition) is 7. The van der Waals surface area contributed by atoms with Gasteiger partial charge < -0.3 is 47.0 Å². The van der Waals surface area contributed by atoms with E-state index in [9.17, 15) is 39.3 Å². The molecule has 0 aliphatic carbocycles. The lowest BCUT2D eigenvalue weighted by atomic mass is 10.0. The summed E-state index contributed by atoms with van der Waals surface area (Å²) in [5, 5.41) is 38.3. The summed E-state index contributed by atoms with van der Waals surface area (Å²) >= 11 is 0. The number of phenolic OH excluding ortho intramolecular Hbond substituents is 1. The van der Waals surface area contributed by atoms with Crippen LogP contribution in [-0.4, -0.2) is 79.1 Å². The smallest absolute Gasteiger partial charge is 0.326 e. The number of aromatic nitrogens is 2. The van der Waals surface area contributed by atoms with E-state index >= 15 is 0 Å². The first-order chi connectivity index (χ1) is 24.0. The number of nitrogens with one attached hydrogen (secondary N) is 5. The second-order valence-electron chi connectivity index (χ2n) is 12.1. The molecule has 0 radical (unpaired) electrons. The number of H-pyrrole nitrogens is 2.